The van der Waals surface area contributed by atoms with Gasteiger partial charge in [-0.3, -0.25) is 5.41 Å². The van der Waals surface area contributed by atoms with Crippen LogP contribution in [0.1, 0.15) is 17.0 Å². The van der Waals surface area contributed by atoms with Crippen molar-refractivity contribution in [3.63, 3.8) is 0 Å². The van der Waals surface area contributed by atoms with Crippen LogP contribution in [-0.4, -0.2) is 20.6 Å². The fraction of sp³-hybridized carbons (Fsp3) is 0.133. The van der Waals surface area contributed by atoms with Crippen LogP contribution in [0.3, 0.4) is 0 Å². The number of amidine groups is 1. The molecule has 0 atom stereocenters. The number of para-hydroxylation sites is 1. The molecule has 0 fully saturated rings. The Hall–Kier alpha value is -2.69. The molecule has 0 aliphatic heterocycles. The third-order valence-corrected chi connectivity index (χ3v) is 3.20. The zero-order valence-corrected chi connectivity index (χ0v) is 11.4. The quantitative estimate of drug-likeness (QED) is 0.551. The van der Waals surface area contributed by atoms with Crippen molar-refractivity contribution in [1.29, 1.82) is 5.41 Å². The second-order valence-corrected chi connectivity index (χ2v) is 4.80. The summed E-state index contributed by atoms with van der Waals surface area (Å²) in [6, 6.07) is 11.6. The molecule has 3 rings (SSSR count). The maximum atomic E-state index is 7.77. The van der Waals surface area contributed by atoms with E-state index >= 15 is 0 Å². The number of nitrogen functional groups attached to an aromatic ring is 1. The van der Waals surface area contributed by atoms with E-state index in [1.807, 2.05) is 50.2 Å². The van der Waals surface area contributed by atoms with Crippen molar-refractivity contribution < 1.29 is 0 Å². The topological polar surface area (TPSA) is 80.6 Å². The Kier molecular flexibility index (Phi) is 2.75. The Morgan fingerprint density at radius 2 is 1.95 bits per heavy atom. The third-order valence-electron chi connectivity index (χ3n) is 3.20. The number of hydrogen-bond acceptors (Lipinski definition) is 3. The summed E-state index contributed by atoms with van der Waals surface area (Å²) in [5.74, 6) is 0.590. The van der Waals surface area contributed by atoms with Crippen LogP contribution >= 0.6 is 0 Å². The molecule has 3 aromatic rings. The number of nitrogens with zero attached hydrogens (tertiary/aromatic N) is 3. The van der Waals surface area contributed by atoms with E-state index in [1.165, 1.54) is 0 Å². The Morgan fingerprint density at radius 1 is 1.20 bits per heavy atom. The van der Waals surface area contributed by atoms with Gasteiger partial charge in [-0.1, -0.05) is 18.2 Å². The number of pyridine rings is 1. The molecular weight excluding hydrogens is 250 g/mol. The van der Waals surface area contributed by atoms with Gasteiger partial charge in [0.25, 0.3) is 0 Å². The molecule has 20 heavy (non-hydrogen) atoms. The molecule has 5 nitrogen and oxygen atoms in total. The minimum absolute atomic E-state index is 0.00851. The summed E-state index contributed by atoms with van der Waals surface area (Å²) < 4.78 is 1.73. The maximum absolute atomic E-state index is 7.77. The van der Waals surface area contributed by atoms with Gasteiger partial charge in [-0.2, -0.15) is 5.10 Å². The van der Waals surface area contributed by atoms with Gasteiger partial charge in [-0.15, -0.1) is 0 Å². The molecule has 0 bridgehead atoms. The van der Waals surface area contributed by atoms with E-state index in [1.54, 1.807) is 4.68 Å². The molecule has 2 heterocycles. The Balaban J connectivity index is 2.35. The highest BCUT2D eigenvalue weighted by atomic mass is 15.3. The van der Waals surface area contributed by atoms with Crippen molar-refractivity contribution in [3.05, 3.63) is 53.3 Å². The van der Waals surface area contributed by atoms with Crippen LogP contribution < -0.4 is 5.73 Å². The van der Waals surface area contributed by atoms with Crippen LogP contribution in [0.4, 0.5) is 0 Å². The van der Waals surface area contributed by atoms with Gasteiger partial charge in [-0.25, -0.2) is 9.67 Å². The fourth-order valence-electron chi connectivity index (χ4n) is 2.31. The molecule has 0 spiro atoms. The first-order chi connectivity index (χ1) is 9.56. The van der Waals surface area contributed by atoms with Crippen molar-refractivity contribution in [2.24, 2.45) is 5.73 Å². The molecule has 1 aromatic carbocycles. The zero-order valence-electron chi connectivity index (χ0n) is 11.4. The number of nitrogens with two attached hydrogens (primary N) is 1. The molecule has 0 amide bonds. The summed E-state index contributed by atoms with van der Waals surface area (Å²) in [6.45, 7) is 3.89. The highest BCUT2D eigenvalue weighted by molar-refractivity contribution is 6.01. The maximum Gasteiger partial charge on any atom is 0.165 e. The monoisotopic (exact) mass is 265 g/mol. The second kappa shape index (κ2) is 4.45. The molecule has 100 valence electrons. The van der Waals surface area contributed by atoms with Gasteiger partial charge in [0, 0.05) is 11.1 Å². The first-order valence-corrected chi connectivity index (χ1v) is 6.34. The first kappa shape index (κ1) is 12.3. The van der Waals surface area contributed by atoms with Crippen molar-refractivity contribution >= 4 is 16.7 Å². The van der Waals surface area contributed by atoms with Crippen LogP contribution in [0.2, 0.25) is 0 Å². The van der Waals surface area contributed by atoms with Crippen LogP contribution in [0.5, 0.6) is 0 Å². The molecule has 0 aliphatic carbocycles. The van der Waals surface area contributed by atoms with E-state index in [0.717, 1.165) is 22.3 Å². The zero-order chi connectivity index (χ0) is 14.3. The summed E-state index contributed by atoms with van der Waals surface area (Å²) >= 11 is 0. The molecule has 0 radical (unpaired) electrons. The van der Waals surface area contributed by atoms with Crippen molar-refractivity contribution in [2.45, 2.75) is 13.8 Å². The SMILES string of the molecule is Cc1cc(C)n(-c2nc3ccccc3cc2C(=N)N)n1. The first-order valence-electron chi connectivity index (χ1n) is 6.34. The van der Waals surface area contributed by atoms with E-state index < -0.39 is 0 Å². The number of hydrogen-bond donors (Lipinski definition) is 2. The lowest BCUT2D eigenvalue weighted by atomic mass is 10.1. The number of fused-ring (bicyclic) bond motifs is 1. The molecule has 0 saturated heterocycles. The van der Waals surface area contributed by atoms with E-state index in [2.05, 4.69) is 10.1 Å². The van der Waals surface area contributed by atoms with Gasteiger partial charge in [0.1, 0.15) is 5.84 Å². The fourth-order valence-corrected chi connectivity index (χ4v) is 2.31. The summed E-state index contributed by atoms with van der Waals surface area (Å²) in [7, 11) is 0. The summed E-state index contributed by atoms with van der Waals surface area (Å²) in [6.07, 6.45) is 0. The lowest BCUT2D eigenvalue weighted by molar-refractivity contribution is 0.808. The van der Waals surface area contributed by atoms with Crippen LogP contribution in [0.25, 0.3) is 16.7 Å². The van der Waals surface area contributed by atoms with Crippen molar-refractivity contribution in [3.8, 4) is 5.82 Å². The van der Waals surface area contributed by atoms with Crippen LogP contribution in [-0.2, 0) is 0 Å². The van der Waals surface area contributed by atoms with Gasteiger partial charge in [0.2, 0.25) is 0 Å². The molecule has 0 unspecified atom stereocenters. The van der Waals surface area contributed by atoms with Gasteiger partial charge in [-0.05, 0) is 32.0 Å². The van der Waals surface area contributed by atoms with Crippen LogP contribution in [0, 0.1) is 19.3 Å². The van der Waals surface area contributed by atoms with Gasteiger partial charge in [0.05, 0.1) is 16.8 Å². The molecule has 5 heteroatoms. The predicted molar refractivity (Wildman–Crippen MR) is 79.4 cm³/mol. The molecule has 0 aliphatic rings. The average molecular weight is 265 g/mol. The highest BCUT2D eigenvalue weighted by Gasteiger charge is 2.14. The molecular formula is C15H15N5. The Morgan fingerprint density at radius 3 is 2.60 bits per heavy atom. The number of nitrogens with one attached hydrogen (secondary N) is 1. The molecule has 0 saturated carbocycles. The van der Waals surface area contributed by atoms with Crippen LogP contribution in [0.15, 0.2) is 36.4 Å². The Labute approximate surface area is 116 Å². The van der Waals surface area contributed by atoms with E-state index in [0.29, 0.717) is 11.4 Å². The lowest BCUT2D eigenvalue weighted by Crippen LogP contribution is -2.17. The van der Waals surface area contributed by atoms with E-state index in [4.69, 9.17) is 11.1 Å². The van der Waals surface area contributed by atoms with Gasteiger partial charge >= 0.3 is 0 Å². The number of rotatable bonds is 2. The largest absolute Gasteiger partial charge is 0.384 e. The summed E-state index contributed by atoms with van der Waals surface area (Å²) in [5.41, 5.74) is 9.03. The normalized spacial score (nSPS) is 10.9. The highest BCUT2D eigenvalue weighted by Crippen LogP contribution is 2.20. The van der Waals surface area contributed by atoms with E-state index in [-0.39, 0.29) is 5.84 Å². The number of benzene rings is 1. The number of aromatic nitrogens is 3. The second-order valence-electron chi connectivity index (χ2n) is 4.80. The minimum Gasteiger partial charge on any atom is -0.384 e. The predicted octanol–water partition coefficient (Wildman–Crippen LogP) is 2.32. The van der Waals surface area contributed by atoms with Gasteiger partial charge in [0.15, 0.2) is 5.82 Å². The number of aryl methyl sites for hydroxylation is 2. The Bertz CT molecular complexity index is 816. The van der Waals surface area contributed by atoms with Crippen molar-refractivity contribution in [1.82, 2.24) is 14.8 Å². The standard InChI is InChI=1S/C15H15N5/c1-9-7-10(2)20(19-9)15-12(14(16)17)8-11-5-3-4-6-13(11)18-15/h3-8H,1-2H3,(H3,16,17). The lowest BCUT2D eigenvalue weighted by Gasteiger charge is -2.11. The van der Waals surface area contributed by atoms with Gasteiger partial charge < -0.3 is 5.73 Å². The summed E-state index contributed by atoms with van der Waals surface area (Å²) in [4.78, 5) is 4.62. The van der Waals surface area contributed by atoms with Crippen molar-refractivity contribution in [2.75, 3.05) is 0 Å². The molecule has 2 aromatic heterocycles. The average Bonchev–Trinajstić information content (AvgIpc) is 2.76. The smallest absolute Gasteiger partial charge is 0.165 e. The third kappa shape index (κ3) is 1.93. The van der Waals surface area contributed by atoms with E-state index in [9.17, 15) is 0 Å². The minimum atomic E-state index is -0.00851. The molecule has 3 N–H and O–H groups in total. The summed E-state index contributed by atoms with van der Waals surface area (Å²) in [5, 5.41) is 13.2.